The van der Waals surface area contributed by atoms with Crippen molar-refractivity contribution in [1.29, 1.82) is 0 Å². The van der Waals surface area contributed by atoms with Gasteiger partial charge in [-0.3, -0.25) is 4.79 Å². The Balaban J connectivity index is 1.44. The molecule has 2 aromatic rings. The van der Waals surface area contributed by atoms with Gasteiger partial charge >= 0.3 is 0 Å². The molecule has 2 bridgehead atoms. The highest BCUT2D eigenvalue weighted by molar-refractivity contribution is 5.80. The van der Waals surface area contributed by atoms with Crippen molar-refractivity contribution in [2.45, 2.75) is 52.1 Å². The van der Waals surface area contributed by atoms with Gasteiger partial charge < -0.3 is 11.1 Å². The van der Waals surface area contributed by atoms with Crippen LogP contribution in [0.15, 0.2) is 30.3 Å². The molecule has 1 heterocycles. The number of nitrogens with two attached hydrogens (primary N) is 1. The van der Waals surface area contributed by atoms with E-state index in [1.54, 1.807) is 0 Å². The Morgan fingerprint density at radius 1 is 1.23 bits per heavy atom. The summed E-state index contributed by atoms with van der Waals surface area (Å²) in [6.45, 7) is 6.08. The van der Waals surface area contributed by atoms with Crippen LogP contribution in [0.3, 0.4) is 0 Å². The van der Waals surface area contributed by atoms with Crippen LogP contribution in [0.25, 0.3) is 5.69 Å². The highest BCUT2D eigenvalue weighted by Gasteiger charge is 2.49. The highest BCUT2D eigenvalue weighted by atomic mass is 16.2. The van der Waals surface area contributed by atoms with Gasteiger partial charge in [0.2, 0.25) is 5.91 Å². The summed E-state index contributed by atoms with van der Waals surface area (Å²) in [4.78, 5) is 12.8. The number of rotatable bonds is 4. The fraction of sp³-hybridized carbons (Fsp3) is 0.524. The molecule has 5 atom stereocenters. The van der Waals surface area contributed by atoms with Crippen molar-refractivity contribution in [3.05, 3.63) is 47.3 Å². The average Bonchev–Trinajstić information content (AvgIpc) is 3.29. The number of carbonyl (C=O) groups is 1. The van der Waals surface area contributed by atoms with Crippen LogP contribution < -0.4 is 11.1 Å². The Morgan fingerprint density at radius 3 is 2.50 bits per heavy atom. The van der Waals surface area contributed by atoms with E-state index in [2.05, 4.69) is 47.7 Å². The van der Waals surface area contributed by atoms with E-state index in [1.807, 2.05) is 18.5 Å². The van der Waals surface area contributed by atoms with Gasteiger partial charge in [0.25, 0.3) is 0 Å². The molecule has 5 unspecified atom stereocenters. The minimum atomic E-state index is -0.0247. The Morgan fingerprint density at radius 2 is 1.92 bits per heavy atom. The molecular weight excluding hydrogens is 324 g/mol. The summed E-state index contributed by atoms with van der Waals surface area (Å²) >= 11 is 0. The second kappa shape index (κ2) is 6.54. The number of benzene rings is 1. The molecule has 4 rings (SSSR count). The summed E-state index contributed by atoms with van der Waals surface area (Å²) in [6.07, 6.45) is 3.48. The smallest absolute Gasteiger partial charge is 0.225 e. The molecule has 0 saturated heterocycles. The minimum absolute atomic E-state index is 0.00910. The number of amides is 1. The number of aromatic nitrogens is 2. The Labute approximate surface area is 155 Å². The first kappa shape index (κ1) is 17.3. The summed E-state index contributed by atoms with van der Waals surface area (Å²) in [5.74, 6) is 1.15. The van der Waals surface area contributed by atoms with Crippen LogP contribution in [0, 0.1) is 31.6 Å². The van der Waals surface area contributed by atoms with Crippen molar-refractivity contribution < 1.29 is 4.79 Å². The van der Waals surface area contributed by atoms with Crippen molar-refractivity contribution in [2.75, 3.05) is 0 Å². The molecule has 1 amide bonds. The number of nitrogens with one attached hydrogen (secondary N) is 1. The zero-order chi connectivity index (χ0) is 18.4. The van der Waals surface area contributed by atoms with E-state index >= 15 is 0 Å². The first-order valence-electron chi connectivity index (χ1n) is 9.63. The van der Waals surface area contributed by atoms with Crippen LogP contribution in [-0.2, 0) is 4.79 Å². The maximum atomic E-state index is 12.8. The van der Waals surface area contributed by atoms with E-state index < -0.39 is 0 Å². The Hall–Kier alpha value is -2.14. The van der Waals surface area contributed by atoms with Crippen LogP contribution >= 0.6 is 0 Å². The molecule has 5 nitrogen and oxygen atoms in total. The van der Waals surface area contributed by atoms with Crippen LogP contribution in [0.5, 0.6) is 0 Å². The monoisotopic (exact) mass is 352 g/mol. The lowest BCUT2D eigenvalue weighted by atomic mass is 9.84. The summed E-state index contributed by atoms with van der Waals surface area (Å²) in [5, 5.41) is 7.71. The first-order valence-corrected chi connectivity index (χ1v) is 9.63. The third-order valence-corrected chi connectivity index (χ3v) is 6.29. The van der Waals surface area contributed by atoms with Gasteiger partial charge in [-0.1, -0.05) is 12.1 Å². The van der Waals surface area contributed by atoms with Gasteiger partial charge in [0.15, 0.2) is 0 Å². The molecular formula is C21H28N4O. The molecule has 0 spiro atoms. The van der Waals surface area contributed by atoms with E-state index in [0.29, 0.717) is 11.8 Å². The maximum Gasteiger partial charge on any atom is 0.225 e. The lowest BCUT2D eigenvalue weighted by Gasteiger charge is -2.28. The van der Waals surface area contributed by atoms with Crippen LogP contribution in [-0.4, -0.2) is 21.7 Å². The molecule has 1 aromatic heterocycles. The van der Waals surface area contributed by atoms with Gasteiger partial charge in [-0.25, -0.2) is 4.68 Å². The normalized spacial score (nSPS) is 28.3. The topological polar surface area (TPSA) is 72.9 Å². The number of nitrogens with zero attached hydrogens (tertiary/aromatic N) is 2. The average molecular weight is 352 g/mol. The van der Waals surface area contributed by atoms with E-state index in [0.717, 1.165) is 35.5 Å². The van der Waals surface area contributed by atoms with Gasteiger partial charge in [0.1, 0.15) is 0 Å². The predicted octanol–water partition coefficient (Wildman–Crippen LogP) is 3.04. The van der Waals surface area contributed by atoms with Gasteiger partial charge in [0.05, 0.1) is 23.3 Å². The van der Waals surface area contributed by atoms with Gasteiger partial charge in [-0.2, -0.15) is 5.10 Å². The molecule has 26 heavy (non-hydrogen) atoms. The van der Waals surface area contributed by atoms with Crippen molar-refractivity contribution in [3.63, 3.8) is 0 Å². The standard InChI is InChI=1S/C21H28N4O/c1-12-10-13(2)25(24-12)18-8-6-15(7-9-18)14(3)23-21(26)19-16-4-5-17(11-16)20(19)22/h6-10,14,16-17,19-20H,4-5,11,22H2,1-3H3,(H,23,26). The zero-order valence-corrected chi connectivity index (χ0v) is 15.8. The van der Waals surface area contributed by atoms with Crippen molar-refractivity contribution >= 4 is 5.91 Å². The van der Waals surface area contributed by atoms with E-state index in [4.69, 9.17) is 5.73 Å². The van der Waals surface area contributed by atoms with E-state index in [-0.39, 0.29) is 23.9 Å². The molecule has 0 radical (unpaired) electrons. The zero-order valence-electron chi connectivity index (χ0n) is 15.8. The maximum absolute atomic E-state index is 12.8. The van der Waals surface area contributed by atoms with Gasteiger partial charge in [0, 0.05) is 11.7 Å². The lowest BCUT2D eigenvalue weighted by Crippen LogP contribution is -2.45. The summed E-state index contributed by atoms with van der Waals surface area (Å²) < 4.78 is 1.94. The number of hydrogen-bond donors (Lipinski definition) is 2. The number of aryl methyl sites for hydroxylation is 2. The molecule has 2 aliphatic carbocycles. The molecule has 2 aliphatic rings. The second-order valence-corrected chi connectivity index (χ2v) is 8.10. The number of carbonyl (C=O) groups excluding carboxylic acids is 1. The minimum Gasteiger partial charge on any atom is -0.349 e. The molecule has 2 saturated carbocycles. The van der Waals surface area contributed by atoms with Crippen LogP contribution in [0.1, 0.15) is 49.2 Å². The number of fused-ring (bicyclic) bond motifs is 2. The third kappa shape index (κ3) is 2.94. The Kier molecular flexibility index (Phi) is 4.35. The van der Waals surface area contributed by atoms with Gasteiger partial charge in [-0.05, 0) is 75.6 Å². The highest BCUT2D eigenvalue weighted by Crippen LogP contribution is 2.47. The van der Waals surface area contributed by atoms with Gasteiger partial charge in [-0.15, -0.1) is 0 Å². The van der Waals surface area contributed by atoms with Crippen molar-refractivity contribution in [3.8, 4) is 5.69 Å². The predicted molar refractivity (Wildman–Crippen MR) is 102 cm³/mol. The van der Waals surface area contributed by atoms with Crippen molar-refractivity contribution in [1.82, 2.24) is 15.1 Å². The lowest BCUT2D eigenvalue weighted by molar-refractivity contribution is -0.127. The number of hydrogen-bond acceptors (Lipinski definition) is 3. The first-order chi connectivity index (χ1) is 12.4. The second-order valence-electron chi connectivity index (χ2n) is 8.10. The fourth-order valence-corrected chi connectivity index (χ4v) is 4.91. The summed E-state index contributed by atoms with van der Waals surface area (Å²) in [5.41, 5.74) is 10.6. The Bertz CT molecular complexity index is 808. The SMILES string of the molecule is Cc1cc(C)n(-c2ccc(C(C)NC(=O)C3C4CCC(C4)C3N)cc2)n1. The largest absolute Gasteiger partial charge is 0.349 e. The van der Waals surface area contributed by atoms with E-state index in [1.165, 1.54) is 6.42 Å². The van der Waals surface area contributed by atoms with Crippen LogP contribution in [0.4, 0.5) is 0 Å². The molecule has 138 valence electrons. The van der Waals surface area contributed by atoms with Crippen molar-refractivity contribution in [2.24, 2.45) is 23.5 Å². The summed E-state index contributed by atoms with van der Waals surface area (Å²) in [7, 11) is 0. The molecule has 0 aliphatic heterocycles. The molecule has 1 aromatic carbocycles. The molecule has 2 fully saturated rings. The summed E-state index contributed by atoms with van der Waals surface area (Å²) in [6, 6.07) is 10.3. The third-order valence-electron chi connectivity index (χ3n) is 6.29. The molecule has 5 heteroatoms. The van der Waals surface area contributed by atoms with E-state index in [9.17, 15) is 4.79 Å². The molecule has 3 N–H and O–H groups in total. The fourth-order valence-electron chi connectivity index (χ4n) is 4.91. The van der Waals surface area contributed by atoms with Crippen LogP contribution in [0.2, 0.25) is 0 Å². The quantitative estimate of drug-likeness (QED) is 0.888.